The topological polar surface area (TPSA) is 92.0 Å². The number of nitrogens with two attached hydrogens (primary N) is 1. The third-order valence-electron chi connectivity index (χ3n) is 3.46. The molecule has 1 aromatic rings. The molecule has 7 nitrogen and oxygen atoms in total. The first kappa shape index (κ1) is 13.8. The average Bonchev–Trinajstić information content (AvgIpc) is 2.98. The van der Waals surface area contributed by atoms with Gasteiger partial charge in [0.05, 0.1) is 0 Å². The summed E-state index contributed by atoms with van der Waals surface area (Å²) in [5, 5.41) is 3.33. The smallest absolute Gasteiger partial charge is 0.243 e. The average molecular weight is 265 g/mol. The van der Waals surface area contributed by atoms with Gasteiger partial charge in [-0.15, -0.1) is 0 Å². The lowest BCUT2D eigenvalue weighted by atomic mass is 10.2. The van der Waals surface area contributed by atoms with Crippen molar-refractivity contribution in [1.29, 1.82) is 0 Å². The SMILES string of the molecule is CCC(CC)Nc1nc(NN)nc(N2CCCC2)n1. The molecule has 0 aromatic carbocycles. The van der Waals surface area contributed by atoms with E-state index in [4.69, 9.17) is 5.84 Å². The highest BCUT2D eigenvalue weighted by molar-refractivity contribution is 5.44. The van der Waals surface area contributed by atoms with Crippen molar-refractivity contribution < 1.29 is 0 Å². The van der Waals surface area contributed by atoms with Gasteiger partial charge in [0.2, 0.25) is 17.8 Å². The van der Waals surface area contributed by atoms with Crippen molar-refractivity contribution in [2.45, 2.75) is 45.6 Å². The van der Waals surface area contributed by atoms with Crippen LogP contribution in [0.25, 0.3) is 0 Å². The first-order chi connectivity index (χ1) is 9.26. The summed E-state index contributed by atoms with van der Waals surface area (Å²) in [6, 6.07) is 0.374. The molecular formula is C12H23N7. The Morgan fingerprint density at radius 3 is 2.32 bits per heavy atom. The van der Waals surface area contributed by atoms with E-state index in [1.165, 1.54) is 12.8 Å². The highest BCUT2D eigenvalue weighted by atomic mass is 15.4. The molecule has 7 heteroatoms. The summed E-state index contributed by atoms with van der Waals surface area (Å²) in [7, 11) is 0. The number of nitrogen functional groups attached to an aromatic ring is 1. The number of rotatable bonds is 6. The minimum absolute atomic E-state index is 0.374. The van der Waals surface area contributed by atoms with Gasteiger partial charge >= 0.3 is 0 Å². The first-order valence-electron chi connectivity index (χ1n) is 7.01. The maximum Gasteiger partial charge on any atom is 0.243 e. The number of nitrogens with one attached hydrogen (secondary N) is 2. The van der Waals surface area contributed by atoms with Gasteiger partial charge in [0, 0.05) is 19.1 Å². The first-order valence-corrected chi connectivity index (χ1v) is 7.01. The molecule has 0 amide bonds. The Balaban J connectivity index is 2.19. The van der Waals surface area contributed by atoms with Crippen molar-refractivity contribution in [3.8, 4) is 0 Å². The van der Waals surface area contributed by atoms with E-state index in [9.17, 15) is 0 Å². The summed E-state index contributed by atoms with van der Waals surface area (Å²) in [5.41, 5.74) is 2.51. The monoisotopic (exact) mass is 265 g/mol. The Bertz CT molecular complexity index is 399. The summed E-state index contributed by atoms with van der Waals surface area (Å²) >= 11 is 0. The molecule has 1 saturated heterocycles. The molecule has 0 bridgehead atoms. The van der Waals surface area contributed by atoms with Gasteiger partial charge in [0.25, 0.3) is 0 Å². The third kappa shape index (κ3) is 3.44. The normalized spacial score (nSPS) is 15.1. The van der Waals surface area contributed by atoms with Crippen LogP contribution < -0.4 is 21.5 Å². The Morgan fingerprint density at radius 2 is 1.74 bits per heavy atom. The molecule has 0 atom stereocenters. The summed E-state index contributed by atoms with van der Waals surface area (Å²) in [6.45, 7) is 6.29. The molecule has 2 rings (SSSR count). The van der Waals surface area contributed by atoms with Gasteiger partial charge in [-0.1, -0.05) is 13.8 Å². The van der Waals surface area contributed by atoms with Gasteiger partial charge in [0.15, 0.2) is 0 Å². The number of hydrazine groups is 1. The molecule has 0 aliphatic carbocycles. The van der Waals surface area contributed by atoms with Crippen LogP contribution in [0.15, 0.2) is 0 Å². The number of aromatic nitrogens is 3. The minimum Gasteiger partial charge on any atom is -0.351 e. The lowest BCUT2D eigenvalue weighted by molar-refractivity contribution is 0.663. The molecule has 1 aliphatic rings. The van der Waals surface area contributed by atoms with Gasteiger partial charge in [-0.3, -0.25) is 5.43 Å². The zero-order valence-corrected chi connectivity index (χ0v) is 11.7. The van der Waals surface area contributed by atoms with Gasteiger partial charge in [-0.2, -0.15) is 15.0 Å². The quantitative estimate of drug-likeness (QED) is 0.528. The number of hydrogen-bond acceptors (Lipinski definition) is 7. The zero-order chi connectivity index (χ0) is 13.7. The van der Waals surface area contributed by atoms with Crippen LogP contribution in [-0.2, 0) is 0 Å². The number of hydrogen-bond donors (Lipinski definition) is 3. The fraction of sp³-hybridized carbons (Fsp3) is 0.750. The number of anilines is 3. The Morgan fingerprint density at radius 1 is 1.11 bits per heavy atom. The largest absolute Gasteiger partial charge is 0.351 e. The highest BCUT2D eigenvalue weighted by Crippen LogP contribution is 2.19. The van der Waals surface area contributed by atoms with Gasteiger partial charge < -0.3 is 10.2 Å². The van der Waals surface area contributed by atoms with E-state index in [0.29, 0.717) is 23.9 Å². The molecule has 0 saturated carbocycles. The molecule has 19 heavy (non-hydrogen) atoms. The summed E-state index contributed by atoms with van der Waals surface area (Å²) < 4.78 is 0. The second-order valence-corrected chi connectivity index (χ2v) is 4.78. The predicted octanol–water partition coefficient (Wildman–Crippen LogP) is 1.36. The molecule has 0 unspecified atom stereocenters. The summed E-state index contributed by atoms with van der Waals surface area (Å²) in [6.07, 6.45) is 4.44. The van der Waals surface area contributed by atoms with E-state index < -0.39 is 0 Å². The van der Waals surface area contributed by atoms with Crippen molar-refractivity contribution in [3.63, 3.8) is 0 Å². The molecule has 4 N–H and O–H groups in total. The molecule has 106 valence electrons. The van der Waals surface area contributed by atoms with Crippen LogP contribution in [0.5, 0.6) is 0 Å². The Labute approximate surface area is 114 Å². The van der Waals surface area contributed by atoms with Crippen LogP contribution in [0.3, 0.4) is 0 Å². The van der Waals surface area contributed by atoms with Crippen molar-refractivity contribution in [2.75, 3.05) is 28.7 Å². The van der Waals surface area contributed by atoms with Crippen LogP contribution in [0.2, 0.25) is 0 Å². The molecule has 1 aliphatic heterocycles. The van der Waals surface area contributed by atoms with Crippen LogP contribution in [0, 0.1) is 0 Å². The van der Waals surface area contributed by atoms with Crippen LogP contribution in [-0.4, -0.2) is 34.1 Å². The molecule has 0 radical (unpaired) electrons. The Hall–Kier alpha value is -1.63. The highest BCUT2D eigenvalue weighted by Gasteiger charge is 2.17. The fourth-order valence-corrected chi connectivity index (χ4v) is 2.23. The number of nitrogens with zero attached hydrogens (tertiary/aromatic N) is 4. The zero-order valence-electron chi connectivity index (χ0n) is 11.7. The second-order valence-electron chi connectivity index (χ2n) is 4.78. The van der Waals surface area contributed by atoms with Crippen molar-refractivity contribution in [3.05, 3.63) is 0 Å². The van der Waals surface area contributed by atoms with Crippen molar-refractivity contribution in [1.82, 2.24) is 15.0 Å². The second kappa shape index (κ2) is 6.51. The molecule has 1 fully saturated rings. The van der Waals surface area contributed by atoms with E-state index in [0.717, 1.165) is 25.9 Å². The molecule has 0 spiro atoms. The van der Waals surface area contributed by atoms with E-state index in [1.807, 2.05) is 0 Å². The van der Waals surface area contributed by atoms with Crippen LogP contribution in [0.1, 0.15) is 39.5 Å². The Kier molecular flexibility index (Phi) is 4.73. The summed E-state index contributed by atoms with van der Waals surface area (Å²) in [5.74, 6) is 7.14. The lowest BCUT2D eigenvalue weighted by Crippen LogP contribution is -2.25. The molecule has 1 aromatic heterocycles. The third-order valence-corrected chi connectivity index (χ3v) is 3.46. The predicted molar refractivity (Wildman–Crippen MR) is 77.1 cm³/mol. The van der Waals surface area contributed by atoms with Gasteiger partial charge in [-0.05, 0) is 25.7 Å². The molecular weight excluding hydrogens is 242 g/mol. The van der Waals surface area contributed by atoms with E-state index in [-0.39, 0.29) is 0 Å². The maximum absolute atomic E-state index is 5.43. The minimum atomic E-state index is 0.374. The lowest BCUT2D eigenvalue weighted by Gasteiger charge is -2.19. The summed E-state index contributed by atoms with van der Waals surface area (Å²) in [4.78, 5) is 15.2. The standard InChI is InChI=1S/C12H23N7/c1-3-9(4-2)14-10-15-11(18-13)17-12(16-10)19-7-5-6-8-19/h9H,3-8,13H2,1-2H3,(H2,14,15,16,17,18). The van der Waals surface area contributed by atoms with Gasteiger partial charge in [-0.25, -0.2) is 5.84 Å². The van der Waals surface area contributed by atoms with Gasteiger partial charge in [0.1, 0.15) is 0 Å². The molecule has 2 heterocycles. The van der Waals surface area contributed by atoms with Crippen molar-refractivity contribution in [2.24, 2.45) is 5.84 Å². The van der Waals surface area contributed by atoms with E-state index >= 15 is 0 Å². The maximum atomic E-state index is 5.43. The van der Waals surface area contributed by atoms with Crippen molar-refractivity contribution >= 4 is 17.8 Å². The van der Waals surface area contributed by atoms with Crippen LogP contribution >= 0.6 is 0 Å². The van der Waals surface area contributed by atoms with E-state index in [1.54, 1.807) is 0 Å². The van der Waals surface area contributed by atoms with E-state index in [2.05, 4.69) is 44.4 Å². The fourth-order valence-electron chi connectivity index (χ4n) is 2.23. The van der Waals surface area contributed by atoms with Crippen LogP contribution in [0.4, 0.5) is 17.8 Å².